The Labute approximate surface area is 114 Å². The minimum absolute atomic E-state index is 0.0593. The van der Waals surface area contributed by atoms with Crippen molar-refractivity contribution in [2.75, 3.05) is 45.9 Å². The van der Waals surface area contributed by atoms with Crippen LogP contribution in [-0.4, -0.2) is 79.9 Å². The molecule has 110 valence electrons. The number of nitrogens with two attached hydrogens (primary N) is 1. The molecule has 0 aliphatic carbocycles. The van der Waals surface area contributed by atoms with Crippen LogP contribution in [0.15, 0.2) is 0 Å². The van der Waals surface area contributed by atoms with Crippen LogP contribution in [0.2, 0.25) is 0 Å². The number of hydrogen-bond acceptors (Lipinski definition) is 5. The molecule has 0 aromatic carbocycles. The molecule has 19 heavy (non-hydrogen) atoms. The van der Waals surface area contributed by atoms with Crippen molar-refractivity contribution in [1.82, 2.24) is 9.80 Å². The van der Waals surface area contributed by atoms with Gasteiger partial charge in [-0.25, -0.2) is 0 Å². The van der Waals surface area contributed by atoms with Gasteiger partial charge in [0.15, 0.2) is 0 Å². The van der Waals surface area contributed by atoms with E-state index in [0.29, 0.717) is 32.8 Å². The molecule has 3 atom stereocenters. The summed E-state index contributed by atoms with van der Waals surface area (Å²) in [5.74, 6) is 0.180. The van der Waals surface area contributed by atoms with Crippen LogP contribution in [0.3, 0.4) is 0 Å². The van der Waals surface area contributed by atoms with Gasteiger partial charge in [-0.2, -0.15) is 0 Å². The fourth-order valence-electron chi connectivity index (χ4n) is 2.74. The van der Waals surface area contributed by atoms with Crippen LogP contribution in [-0.2, 0) is 14.3 Å². The van der Waals surface area contributed by atoms with E-state index in [-0.39, 0.29) is 24.2 Å². The van der Waals surface area contributed by atoms with E-state index in [9.17, 15) is 4.79 Å². The van der Waals surface area contributed by atoms with Crippen LogP contribution >= 0.6 is 0 Å². The van der Waals surface area contributed by atoms with Gasteiger partial charge in [-0.3, -0.25) is 9.69 Å². The molecule has 1 amide bonds. The normalized spacial score (nSPS) is 33.4. The molecule has 0 aromatic heterocycles. The van der Waals surface area contributed by atoms with Gasteiger partial charge in [-0.15, -0.1) is 0 Å². The summed E-state index contributed by atoms with van der Waals surface area (Å²) in [4.78, 5) is 16.4. The van der Waals surface area contributed by atoms with Gasteiger partial charge < -0.3 is 20.1 Å². The van der Waals surface area contributed by atoms with Crippen LogP contribution in [0.1, 0.15) is 13.8 Å². The van der Waals surface area contributed by atoms with E-state index < -0.39 is 0 Å². The zero-order valence-corrected chi connectivity index (χ0v) is 11.9. The molecule has 0 spiro atoms. The number of hydrogen-bond donors (Lipinski definition) is 1. The van der Waals surface area contributed by atoms with Crippen LogP contribution < -0.4 is 5.73 Å². The Balaban J connectivity index is 1.83. The SMILES string of the molecule is CC1CN(C(=O)CN2CCOC(CN)C2)CC(C)O1. The van der Waals surface area contributed by atoms with Crippen molar-refractivity contribution in [1.29, 1.82) is 0 Å². The standard InChI is InChI=1S/C13H25N3O3/c1-10-6-16(7-11(2)19-10)13(17)9-15-3-4-18-12(5-14)8-15/h10-12H,3-9,14H2,1-2H3. The van der Waals surface area contributed by atoms with Crippen molar-refractivity contribution in [3.8, 4) is 0 Å². The first-order valence-corrected chi connectivity index (χ1v) is 7.05. The highest BCUT2D eigenvalue weighted by molar-refractivity contribution is 5.78. The van der Waals surface area contributed by atoms with Crippen LogP contribution in [0.25, 0.3) is 0 Å². The lowest BCUT2D eigenvalue weighted by Crippen LogP contribution is -2.53. The number of morpholine rings is 2. The third-order valence-electron chi connectivity index (χ3n) is 3.62. The van der Waals surface area contributed by atoms with Crippen molar-refractivity contribution in [3.05, 3.63) is 0 Å². The molecule has 3 unspecified atom stereocenters. The predicted octanol–water partition coefficient (Wildman–Crippen LogP) is -0.718. The summed E-state index contributed by atoms with van der Waals surface area (Å²) in [6.07, 6.45) is 0.299. The maximum absolute atomic E-state index is 12.3. The first kappa shape index (κ1) is 14.7. The summed E-state index contributed by atoms with van der Waals surface area (Å²) >= 11 is 0. The third-order valence-corrected chi connectivity index (χ3v) is 3.62. The van der Waals surface area contributed by atoms with E-state index >= 15 is 0 Å². The average Bonchev–Trinajstić information content (AvgIpc) is 2.37. The fourth-order valence-corrected chi connectivity index (χ4v) is 2.74. The Hall–Kier alpha value is -0.690. The largest absolute Gasteiger partial charge is 0.374 e. The van der Waals surface area contributed by atoms with Crippen LogP contribution in [0.4, 0.5) is 0 Å². The first-order chi connectivity index (χ1) is 9.08. The summed E-state index contributed by atoms with van der Waals surface area (Å²) in [7, 11) is 0. The molecular formula is C13H25N3O3. The molecular weight excluding hydrogens is 246 g/mol. The lowest BCUT2D eigenvalue weighted by Gasteiger charge is -2.37. The van der Waals surface area contributed by atoms with Gasteiger partial charge in [-0.05, 0) is 13.8 Å². The Morgan fingerprint density at radius 3 is 2.58 bits per heavy atom. The molecule has 2 rings (SSSR count). The van der Waals surface area contributed by atoms with Gasteiger partial charge in [0.25, 0.3) is 0 Å². The van der Waals surface area contributed by atoms with Crippen molar-refractivity contribution in [2.24, 2.45) is 5.73 Å². The van der Waals surface area contributed by atoms with Crippen molar-refractivity contribution in [3.63, 3.8) is 0 Å². The molecule has 6 heteroatoms. The second-order valence-electron chi connectivity index (χ2n) is 5.52. The molecule has 2 heterocycles. The number of carbonyl (C=O) groups excluding carboxylic acids is 1. The molecule has 2 aliphatic heterocycles. The molecule has 0 aromatic rings. The molecule has 2 saturated heterocycles. The smallest absolute Gasteiger partial charge is 0.236 e. The molecule has 2 aliphatic rings. The number of carbonyl (C=O) groups is 1. The van der Waals surface area contributed by atoms with Gasteiger partial charge in [0.2, 0.25) is 5.91 Å². The maximum atomic E-state index is 12.3. The quantitative estimate of drug-likeness (QED) is 0.734. The Bertz CT molecular complexity index is 304. The minimum atomic E-state index is 0.0593. The highest BCUT2D eigenvalue weighted by Gasteiger charge is 2.28. The summed E-state index contributed by atoms with van der Waals surface area (Å²) in [5, 5.41) is 0. The van der Waals surface area contributed by atoms with Crippen molar-refractivity contribution < 1.29 is 14.3 Å². The summed E-state index contributed by atoms with van der Waals surface area (Å²) < 4.78 is 11.2. The summed E-state index contributed by atoms with van der Waals surface area (Å²) in [6, 6.07) is 0. The van der Waals surface area contributed by atoms with E-state index in [0.717, 1.165) is 13.1 Å². The monoisotopic (exact) mass is 271 g/mol. The summed E-state index contributed by atoms with van der Waals surface area (Å²) in [5.41, 5.74) is 5.61. The lowest BCUT2D eigenvalue weighted by molar-refractivity contribution is -0.145. The van der Waals surface area contributed by atoms with Crippen LogP contribution in [0.5, 0.6) is 0 Å². The highest BCUT2D eigenvalue weighted by atomic mass is 16.5. The molecule has 2 N–H and O–H groups in total. The highest BCUT2D eigenvalue weighted by Crippen LogP contribution is 2.12. The van der Waals surface area contributed by atoms with Gasteiger partial charge in [0, 0.05) is 32.7 Å². The van der Waals surface area contributed by atoms with Gasteiger partial charge in [0.05, 0.1) is 31.5 Å². The molecule has 6 nitrogen and oxygen atoms in total. The van der Waals surface area contributed by atoms with E-state index in [1.54, 1.807) is 0 Å². The lowest BCUT2D eigenvalue weighted by atomic mass is 10.2. The molecule has 0 radical (unpaired) electrons. The Morgan fingerprint density at radius 1 is 1.26 bits per heavy atom. The van der Waals surface area contributed by atoms with Gasteiger partial charge >= 0.3 is 0 Å². The van der Waals surface area contributed by atoms with E-state index in [2.05, 4.69) is 4.90 Å². The first-order valence-electron chi connectivity index (χ1n) is 7.05. The fraction of sp³-hybridized carbons (Fsp3) is 0.923. The van der Waals surface area contributed by atoms with Crippen LogP contribution in [0, 0.1) is 0 Å². The van der Waals surface area contributed by atoms with Crippen molar-refractivity contribution >= 4 is 5.91 Å². The van der Waals surface area contributed by atoms with E-state index in [4.69, 9.17) is 15.2 Å². The molecule has 2 fully saturated rings. The van der Waals surface area contributed by atoms with E-state index in [1.807, 2.05) is 18.7 Å². The topological polar surface area (TPSA) is 68.0 Å². The molecule has 0 bridgehead atoms. The Morgan fingerprint density at radius 2 is 1.95 bits per heavy atom. The summed E-state index contributed by atoms with van der Waals surface area (Å²) in [6.45, 7) is 8.57. The average molecular weight is 271 g/mol. The minimum Gasteiger partial charge on any atom is -0.374 e. The van der Waals surface area contributed by atoms with Gasteiger partial charge in [-0.1, -0.05) is 0 Å². The maximum Gasteiger partial charge on any atom is 0.236 e. The number of nitrogens with zero attached hydrogens (tertiary/aromatic N) is 2. The molecule has 0 saturated carbocycles. The number of ether oxygens (including phenoxy) is 2. The predicted molar refractivity (Wildman–Crippen MR) is 71.8 cm³/mol. The number of rotatable bonds is 3. The third kappa shape index (κ3) is 4.14. The zero-order valence-electron chi connectivity index (χ0n) is 11.9. The second-order valence-corrected chi connectivity index (χ2v) is 5.52. The second kappa shape index (κ2) is 6.65. The van der Waals surface area contributed by atoms with Gasteiger partial charge in [0.1, 0.15) is 0 Å². The van der Waals surface area contributed by atoms with E-state index in [1.165, 1.54) is 0 Å². The zero-order chi connectivity index (χ0) is 13.8. The Kier molecular flexibility index (Phi) is 5.15. The number of amides is 1. The van der Waals surface area contributed by atoms with Crippen molar-refractivity contribution in [2.45, 2.75) is 32.2 Å².